The van der Waals surface area contributed by atoms with Crippen molar-refractivity contribution in [1.82, 2.24) is 0 Å². The molecule has 2 aromatic carbocycles. The van der Waals surface area contributed by atoms with Gasteiger partial charge in [-0.2, -0.15) is 0 Å². The van der Waals surface area contributed by atoms with E-state index in [1.807, 2.05) is 30.3 Å². The molecule has 5 heteroatoms. The molecule has 0 saturated heterocycles. The van der Waals surface area contributed by atoms with Gasteiger partial charge in [-0.05, 0) is 17.7 Å². The van der Waals surface area contributed by atoms with E-state index < -0.39 is 5.92 Å². The van der Waals surface area contributed by atoms with E-state index in [0.717, 1.165) is 5.56 Å². The predicted octanol–water partition coefficient (Wildman–Crippen LogP) is 5.51. The summed E-state index contributed by atoms with van der Waals surface area (Å²) in [5.74, 6) is -1.99. The van der Waals surface area contributed by atoms with Crippen LogP contribution >= 0.6 is 23.4 Å². The number of rotatable bonds is 3. The molecule has 0 unspecified atom stereocenters. The fraction of sp³-hybridized carbons (Fsp3) is 0.250. The molecule has 0 radical (unpaired) electrons. The van der Waals surface area contributed by atoms with Crippen LogP contribution in [0.1, 0.15) is 17.5 Å². The van der Waals surface area contributed by atoms with Gasteiger partial charge < -0.3 is 4.74 Å². The van der Waals surface area contributed by atoms with E-state index in [1.165, 1.54) is 17.8 Å². The van der Waals surface area contributed by atoms with Crippen molar-refractivity contribution in [3.63, 3.8) is 0 Å². The van der Waals surface area contributed by atoms with E-state index in [9.17, 15) is 8.78 Å². The summed E-state index contributed by atoms with van der Waals surface area (Å²) >= 11 is 7.43. The molecule has 0 aliphatic carbocycles. The molecule has 0 spiro atoms. The van der Waals surface area contributed by atoms with E-state index in [4.69, 9.17) is 16.3 Å². The molecule has 0 amide bonds. The standard InChI is InChI=1S/C16H13ClF2OS/c17-12-6-7-13(21-10-11-4-2-1-3-5-11)15-14(12)16(18,19)8-9-20-15/h1-7H,8-10H2. The number of alkyl halides is 2. The molecule has 1 heterocycles. The fourth-order valence-electron chi connectivity index (χ4n) is 2.28. The lowest BCUT2D eigenvalue weighted by molar-refractivity contribution is -0.0412. The van der Waals surface area contributed by atoms with E-state index in [-0.39, 0.29) is 29.4 Å². The van der Waals surface area contributed by atoms with Crippen molar-refractivity contribution in [2.24, 2.45) is 0 Å². The summed E-state index contributed by atoms with van der Waals surface area (Å²) in [6.45, 7) is 0.0131. The fourth-order valence-corrected chi connectivity index (χ4v) is 3.54. The van der Waals surface area contributed by atoms with E-state index in [2.05, 4.69) is 0 Å². The third-order valence-corrected chi connectivity index (χ3v) is 4.76. The summed E-state index contributed by atoms with van der Waals surface area (Å²) < 4.78 is 33.5. The van der Waals surface area contributed by atoms with E-state index in [1.54, 1.807) is 6.07 Å². The summed E-state index contributed by atoms with van der Waals surface area (Å²) in [6, 6.07) is 13.1. The van der Waals surface area contributed by atoms with Gasteiger partial charge in [0.25, 0.3) is 5.92 Å². The van der Waals surface area contributed by atoms with E-state index in [0.29, 0.717) is 10.6 Å². The molecular weight excluding hydrogens is 314 g/mol. The van der Waals surface area contributed by atoms with Crippen molar-refractivity contribution >= 4 is 23.4 Å². The highest BCUT2D eigenvalue weighted by atomic mass is 35.5. The van der Waals surface area contributed by atoms with Gasteiger partial charge in [0, 0.05) is 5.75 Å². The Kier molecular flexibility index (Phi) is 4.09. The zero-order valence-corrected chi connectivity index (χ0v) is 12.7. The number of halogens is 3. The molecule has 0 aromatic heterocycles. The molecule has 0 bridgehead atoms. The number of ether oxygens (including phenoxy) is 1. The maximum Gasteiger partial charge on any atom is 0.281 e. The Bertz CT molecular complexity index is 646. The number of thioether (sulfide) groups is 1. The molecule has 0 fully saturated rings. The second-order valence-electron chi connectivity index (χ2n) is 4.83. The summed E-state index contributed by atoms with van der Waals surface area (Å²) in [4.78, 5) is 0.706. The number of benzene rings is 2. The minimum Gasteiger partial charge on any atom is -0.492 e. The normalized spacial score (nSPS) is 16.1. The van der Waals surface area contributed by atoms with Crippen LogP contribution in [0.4, 0.5) is 8.78 Å². The summed E-state index contributed by atoms with van der Waals surface area (Å²) in [6.07, 6.45) is -0.327. The van der Waals surface area contributed by atoms with Crippen molar-refractivity contribution in [2.75, 3.05) is 6.61 Å². The van der Waals surface area contributed by atoms with Crippen molar-refractivity contribution in [1.29, 1.82) is 0 Å². The molecule has 0 saturated carbocycles. The minimum absolute atomic E-state index is 0.0131. The Balaban J connectivity index is 1.90. The average Bonchev–Trinajstić information content (AvgIpc) is 2.47. The van der Waals surface area contributed by atoms with Gasteiger partial charge in [0.2, 0.25) is 0 Å². The number of hydrogen-bond donors (Lipinski definition) is 0. The highest BCUT2D eigenvalue weighted by Crippen LogP contribution is 2.49. The second-order valence-corrected chi connectivity index (χ2v) is 6.25. The van der Waals surface area contributed by atoms with Crippen LogP contribution in [-0.2, 0) is 11.7 Å². The summed E-state index contributed by atoms with van der Waals surface area (Å²) in [5.41, 5.74) is 0.960. The molecule has 0 atom stereocenters. The number of fused-ring (bicyclic) bond motifs is 1. The van der Waals surface area contributed by atoms with Crippen molar-refractivity contribution in [3.8, 4) is 5.75 Å². The van der Waals surface area contributed by atoms with Crippen LogP contribution in [0.25, 0.3) is 0 Å². The van der Waals surface area contributed by atoms with Crippen molar-refractivity contribution in [2.45, 2.75) is 23.0 Å². The lowest BCUT2D eigenvalue weighted by Crippen LogP contribution is -2.25. The third kappa shape index (κ3) is 3.01. The summed E-state index contributed by atoms with van der Waals surface area (Å²) in [5, 5.41) is 0.0683. The van der Waals surface area contributed by atoms with Crippen LogP contribution < -0.4 is 4.74 Å². The molecule has 1 aliphatic rings. The largest absolute Gasteiger partial charge is 0.492 e. The summed E-state index contributed by atoms with van der Waals surface area (Å²) in [7, 11) is 0. The first-order valence-corrected chi connectivity index (χ1v) is 7.94. The van der Waals surface area contributed by atoms with Crippen LogP contribution in [0.5, 0.6) is 5.75 Å². The Morgan fingerprint density at radius 3 is 2.67 bits per heavy atom. The average molecular weight is 327 g/mol. The van der Waals surface area contributed by atoms with Crippen LogP contribution in [0.3, 0.4) is 0 Å². The first-order chi connectivity index (χ1) is 10.1. The Labute approximate surface area is 131 Å². The predicted molar refractivity (Wildman–Crippen MR) is 81.5 cm³/mol. The molecular formula is C16H13ClF2OS. The van der Waals surface area contributed by atoms with Gasteiger partial charge in [0.05, 0.1) is 28.5 Å². The Hall–Kier alpha value is -1.26. The van der Waals surface area contributed by atoms with Gasteiger partial charge in [-0.25, -0.2) is 8.78 Å². The smallest absolute Gasteiger partial charge is 0.281 e. The topological polar surface area (TPSA) is 9.23 Å². The van der Waals surface area contributed by atoms with Crippen molar-refractivity contribution in [3.05, 3.63) is 58.6 Å². The monoisotopic (exact) mass is 326 g/mol. The molecule has 1 aliphatic heterocycles. The van der Waals surface area contributed by atoms with Gasteiger partial charge in [0.15, 0.2) is 0 Å². The van der Waals surface area contributed by atoms with Gasteiger partial charge in [-0.1, -0.05) is 41.9 Å². The molecule has 3 rings (SSSR count). The number of hydrogen-bond acceptors (Lipinski definition) is 2. The van der Waals surface area contributed by atoms with Crippen LogP contribution in [0.2, 0.25) is 5.02 Å². The van der Waals surface area contributed by atoms with Crippen LogP contribution in [0.15, 0.2) is 47.4 Å². The SMILES string of the molecule is FC1(F)CCOc2c(SCc3ccccc3)ccc(Cl)c21. The van der Waals surface area contributed by atoms with E-state index >= 15 is 0 Å². The van der Waals surface area contributed by atoms with Crippen LogP contribution in [-0.4, -0.2) is 6.61 Å². The first-order valence-electron chi connectivity index (χ1n) is 6.58. The minimum atomic E-state index is -2.92. The van der Waals surface area contributed by atoms with Gasteiger partial charge in [0.1, 0.15) is 5.75 Å². The Morgan fingerprint density at radius 2 is 1.90 bits per heavy atom. The molecule has 1 nitrogen and oxygen atoms in total. The molecule has 110 valence electrons. The van der Waals surface area contributed by atoms with Gasteiger partial charge >= 0.3 is 0 Å². The lowest BCUT2D eigenvalue weighted by Gasteiger charge is -2.28. The Morgan fingerprint density at radius 1 is 1.14 bits per heavy atom. The molecule has 2 aromatic rings. The second kappa shape index (κ2) is 5.85. The molecule has 21 heavy (non-hydrogen) atoms. The zero-order chi connectivity index (χ0) is 14.9. The quantitative estimate of drug-likeness (QED) is 0.688. The maximum absolute atomic E-state index is 14.0. The van der Waals surface area contributed by atoms with Crippen molar-refractivity contribution < 1.29 is 13.5 Å². The molecule has 0 N–H and O–H groups in total. The third-order valence-electron chi connectivity index (χ3n) is 3.34. The highest BCUT2D eigenvalue weighted by molar-refractivity contribution is 7.98. The highest BCUT2D eigenvalue weighted by Gasteiger charge is 2.41. The maximum atomic E-state index is 14.0. The first kappa shape index (κ1) is 14.7. The van der Waals surface area contributed by atoms with Crippen LogP contribution in [0, 0.1) is 0 Å². The van der Waals surface area contributed by atoms with Gasteiger partial charge in [-0.3, -0.25) is 0 Å². The van der Waals surface area contributed by atoms with Gasteiger partial charge in [-0.15, -0.1) is 11.8 Å². The lowest BCUT2D eigenvalue weighted by atomic mass is 10.0. The zero-order valence-electron chi connectivity index (χ0n) is 11.1.